The fraction of sp³-hybridized carbons (Fsp3) is 0.214. The van der Waals surface area contributed by atoms with E-state index >= 15 is 0 Å². The van der Waals surface area contributed by atoms with E-state index in [1.54, 1.807) is 12.4 Å². The standard InChI is InChI=1S/C14H12ClF3N2/c1-9-2-10(7-19-6-9)8-20-13-4-11(14(16,17)18)3-12(15)5-13/h2-7,20H,8H2,1H3. The van der Waals surface area contributed by atoms with Gasteiger partial charge in [-0.2, -0.15) is 13.2 Å². The average Bonchev–Trinajstić information content (AvgIpc) is 2.35. The first-order valence-corrected chi connectivity index (χ1v) is 6.24. The Kier molecular flexibility index (Phi) is 4.18. The predicted molar refractivity (Wildman–Crippen MR) is 72.8 cm³/mol. The van der Waals surface area contributed by atoms with Crippen molar-refractivity contribution in [3.05, 3.63) is 58.4 Å². The van der Waals surface area contributed by atoms with Crippen molar-refractivity contribution in [3.8, 4) is 0 Å². The zero-order chi connectivity index (χ0) is 14.8. The molecule has 20 heavy (non-hydrogen) atoms. The van der Waals surface area contributed by atoms with E-state index in [9.17, 15) is 13.2 Å². The van der Waals surface area contributed by atoms with E-state index < -0.39 is 11.7 Å². The van der Waals surface area contributed by atoms with Gasteiger partial charge in [-0.25, -0.2) is 0 Å². The SMILES string of the molecule is Cc1cncc(CNc2cc(Cl)cc(C(F)(F)F)c2)c1. The van der Waals surface area contributed by atoms with Crippen molar-refractivity contribution in [2.75, 3.05) is 5.32 Å². The highest BCUT2D eigenvalue weighted by Crippen LogP contribution is 2.33. The van der Waals surface area contributed by atoms with Gasteiger partial charge in [-0.05, 0) is 36.2 Å². The summed E-state index contributed by atoms with van der Waals surface area (Å²) in [7, 11) is 0. The molecule has 0 saturated heterocycles. The van der Waals surface area contributed by atoms with Gasteiger partial charge in [0, 0.05) is 29.6 Å². The summed E-state index contributed by atoms with van der Waals surface area (Å²) in [4.78, 5) is 4.02. The number of alkyl halides is 3. The van der Waals surface area contributed by atoms with Crippen molar-refractivity contribution >= 4 is 17.3 Å². The van der Waals surface area contributed by atoms with Crippen molar-refractivity contribution < 1.29 is 13.2 Å². The van der Waals surface area contributed by atoms with Gasteiger partial charge in [0.05, 0.1) is 5.56 Å². The van der Waals surface area contributed by atoms with Crippen LogP contribution in [0.2, 0.25) is 5.02 Å². The molecule has 1 aromatic heterocycles. The van der Waals surface area contributed by atoms with Gasteiger partial charge in [0.2, 0.25) is 0 Å². The summed E-state index contributed by atoms with van der Waals surface area (Å²) in [6.45, 7) is 2.28. The summed E-state index contributed by atoms with van der Waals surface area (Å²) in [5, 5.41) is 2.96. The van der Waals surface area contributed by atoms with E-state index in [-0.39, 0.29) is 5.02 Å². The Morgan fingerprint density at radius 1 is 1.15 bits per heavy atom. The van der Waals surface area contributed by atoms with Crippen molar-refractivity contribution in [2.24, 2.45) is 0 Å². The van der Waals surface area contributed by atoms with Gasteiger partial charge < -0.3 is 5.32 Å². The smallest absolute Gasteiger partial charge is 0.381 e. The van der Waals surface area contributed by atoms with Crippen LogP contribution >= 0.6 is 11.6 Å². The molecule has 0 saturated carbocycles. The Morgan fingerprint density at radius 2 is 1.90 bits per heavy atom. The van der Waals surface area contributed by atoms with E-state index in [1.165, 1.54) is 6.07 Å². The molecular weight excluding hydrogens is 289 g/mol. The van der Waals surface area contributed by atoms with E-state index in [2.05, 4.69) is 10.3 Å². The normalized spacial score (nSPS) is 11.4. The number of nitrogens with zero attached hydrogens (tertiary/aromatic N) is 1. The molecule has 0 amide bonds. The number of halogens is 4. The molecule has 1 N–H and O–H groups in total. The number of hydrogen-bond donors (Lipinski definition) is 1. The maximum atomic E-state index is 12.7. The zero-order valence-electron chi connectivity index (χ0n) is 10.6. The second-order valence-electron chi connectivity index (χ2n) is 4.45. The first-order valence-electron chi connectivity index (χ1n) is 5.87. The van der Waals surface area contributed by atoms with Gasteiger partial charge in [-0.3, -0.25) is 4.98 Å². The lowest BCUT2D eigenvalue weighted by Crippen LogP contribution is -2.07. The molecule has 2 aromatic rings. The highest BCUT2D eigenvalue weighted by atomic mass is 35.5. The van der Waals surface area contributed by atoms with Crippen LogP contribution in [0.25, 0.3) is 0 Å². The van der Waals surface area contributed by atoms with Crippen LogP contribution < -0.4 is 5.32 Å². The molecule has 1 aromatic carbocycles. The number of aryl methyl sites for hydroxylation is 1. The molecule has 0 spiro atoms. The molecule has 0 fully saturated rings. The van der Waals surface area contributed by atoms with Crippen LogP contribution in [0.5, 0.6) is 0 Å². The van der Waals surface area contributed by atoms with Crippen LogP contribution in [0.1, 0.15) is 16.7 Å². The van der Waals surface area contributed by atoms with Crippen LogP contribution in [0, 0.1) is 6.92 Å². The van der Waals surface area contributed by atoms with Crippen molar-refractivity contribution in [3.63, 3.8) is 0 Å². The minimum Gasteiger partial charge on any atom is -0.381 e. The number of aromatic nitrogens is 1. The van der Waals surface area contributed by atoms with Gasteiger partial charge in [-0.1, -0.05) is 17.7 Å². The molecule has 6 heteroatoms. The summed E-state index contributed by atoms with van der Waals surface area (Å²) in [6.07, 6.45) is -1.04. The Balaban J connectivity index is 2.16. The van der Waals surface area contributed by atoms with E-state index in [0.717, 1.165) is 23.3 Å². The van der Waals surface area contributed by atoms with Crippen LogP contribution in [0.15, 0.2) is 36.7 Å². The molecule has 0 unspecified atom stereocenters. The van der Waals surface area contributed by atoms with Gasteiger partial charge >= 0.3 is 6.18 Å². The molecule has 0 aliphatic rings. The van der Waals surface area contributed by atoms with Crippen molar-refractivity contribution in [2.45, 2.75) is 19.6 Å². The Hall–Kier alpha value is -1.75. The van der Waals surface area contributed by atoms with E-state index in [0.29, 0.717) is 12.2 Å². The number of rotatable bonds is 3. The molecule has 0 aliphatic carbocycles. The number of anilines is 1. The van der Waals surface area contributed by atoms with Crippen molar-refractivity contribution in [1.82, 2.24) is 4.98 Å². The third kappa shape index (κ3) is 3.87. The monoisotopic (exact) mass is 300 g/mol. The largest absolute Gasteiger partial charge is 0.416 e. The first kappa shape index (κ1) is 14.7. The maximum Gasteiger partial charge on any atom is 0.416 e. The highest BCUT2D eigenvalue weighted by Gasteiger charge is 2.31. The summed E-state index contributed by atoms with van der Waals surface area (Å²) < 4.78 is 38.0. The van der Waals surface area contributed by atoms with Crippen LogP contribution in [0.3, 0.4) is 0 Å². The lowest BCUT2D eigenvalue weighted by Gasteiger charge is -2.12. The summed E-state index contributed by atoms with van der Waals surface area (Å²) in [6, 6.07) is 5.31. The topological polar surface area (TPSA) is 24.9 Å². The Morgan fingerprint density at radius 3 is 2.55 bits per heavy atom. The highest BCUT2D eigenvalue weighted by molar-refractivity contribution is 6.30. The average molecular weight is 301 g/mol. The van der Waals surface area contributed by atoms with Gasteiger partial charge in [0.1, 0.15) is 0 Å². The second kappa shape index (κ2) is 5.71. The molecule has 0 aliphatic heterocycles. The summed E-state index contributed by atoms with van der Waals surface area (Å²) in [5.74, 6) is 0. The summed E-state index contributed by atoms with van der Waals surface area (Å²) >= 11 is 5.71. The minimum atomic E-state index is -4.41. The Bertz CT molecular complexity index is 612. The van der Waals surface area contributed by atoms with Crippen LogP contribution in [-0.2, 0) is 12.7 Å². The van der Waals surface area contributed by atoms with E-state index in [4.69, 9.17) is 11.6 Å². The van der Waals surface area contributed by atoms with Gasteiger partial charge in [-0.15, -0.1) is 0 Å². The molecule has 106 valence electrons. The van der Waals surface area contributed by atoms with Gasteiger partial charge in [0.15, 0.2) is 0 Å². The molecule has 0 atom stereocenters. The number of benzene rings is 1. The lowest BCUT2D eigenvalue weighted by molar-refractivity contribution is -0.137. The Labute approximate surface area is 119 Å². The van der Waals surface area contributed by atoms with Crippen LogP contribution in [0.4, 0.5) is 18.9 Å². The predicted octanol–water partition coefficient (Wildman–Crippen LogP) is 4.67. The molecule has 0 radical (unpaired) electrons. The third-order valence-corrected chi connectivity index (χ3v) is 2.87. The van der Waals surface area contributed by atoms with Crippen molar-refractivity contribution in [1.29, 1.82) is 0 Å². The number of hydrogen-bond acceptors (Lipinski definition) is 2. The third-order valence-electron chi connectivity index (χ3n) is 2.65. The number of pyridine rings is 1. The molecule has 2 nitrogen and oxygen atoms in total. The second-order valence-corrected chi connectivity index (χ2v) is 4.89. The minimum absolute atomic E-state index is 0.0460. The first-order chi connectivity index (χ1) is 9.34. The molecule has 1 heterocycles. The maximum absolute atomic E-state index is 12.7. The lowest BCUT2D eigenvalue weighted by atomic mass is 10.1. The van der Waals surface area contributed by atoms with Crippen LogP contribution in [-0.4, -0.2) is 4.98 Å². The molecular formula is C14H12ClF3N2. The fourth-order valence-electron chi connectivity index (χ4n) is 1.77. The molecule has 0 bridgehead atoms. The molecule has 2 rings (SSSR count). The fourth-order valence-corrected chi connectivity index (χ4v) is 2.01. The van der Waals surface area contributed by atoms with Gasteiger partial charge in [0.25, 0.3) is 0 Å². The quantitative estimate of drug-likeness (QED) is 0.890. The summed E-state index contributed by atoms with van der Waals surface area (Å²) in [5.41, 5.74) is 1.44. The zero-order valence-corrected chi connectivity index (χ0v) is 11.4. The number of nitrogens with one attached hydrogen (secondary N) is 1. The van der Waals surface area contributed by atoms with E-state index in [1.807, 2.05) is 13.0 Å².